The molecule has 5 rings (SSSR count). The van der Waals surface area contributed by atoms with Gasteiger partial charge >= 0.3 is 0 Å². The third kappa shape index (κ3) is 5.21. The van der Waals surface area contributed by atoms with Crippen LogP contribution in [0.1, 0.15) is 47.7 Å². The van der Waals surface area contributed by atoms with E-state index >= 15 is 4.39 Å². The number of anilines is 2. The van der Waals surface area contributed by atoms with Crippen LogP contribution >= 0.6 is 23.2 Å². The van der Waals surface area contributed by atoms with Gasteiger partial charge in [0.25, 0.3) is 0 Å². The summed E-state index contributed by atoms with van der Waals surface area (Å²) in [4.78, 5) is 40.1. The largest absolute Gasteiger partial charge is 0.495 e. The minimum atomic E-state index is -1.56. The fraction of sp³-hybridized carbons (Fsp3) is 0.323. The Morgan fingerprint density at radius 2 is 1.88 bits per heavy atom. The first-order chi connectivity index (χ1) is 20.3. The molecular formula is C31H30Cl2F2N4O4. The fourth-order valence-corrected chi connectivity index (χ4v) is 6.66. The van der Waals surface area contributed by atoms with Crippen molar-refractivity contribution in [3.63, 3.8) is 0 Å². The summed E-state index contributed by atoms with van der Waals surface area (Å²) in [5.41, 5.74) is 4.26. The molecule has 3 aromatic carbocycles. The molecule has 2 aliphatic heterocycles. The smallest absolute Gasteiger partial charge is 0.248 e. The highest BCUT2D eigenvalue weighted by Gasteiger charge is 2.66. The lowest BCUT2D eigenvalue weighted by Gasteiger charge is -2.38. The molecule has 43 heavy (non-hydrogen) atoms. The number of halogens is 4. The van der Waals surface area contributed by atoms with Gasteiger partial charge in [-0.15, -0.1) is 0 Å². The van der Waals surface area contributed by atoms with Crippen LogP contribution in [0.15, 0.2) is 54.6 Å². The molecule has 226 valence electrons. The molecule has 4 atom stereocenters. The van der Waals surface area contributed by atoms with Gasteiger partial charge < -0.3 is 26.4 Å². The summed E-state index contributed by atoms with van der Waals surface area (Å²) in [6.07, 6.45) is 0.123. The van der Waals surface area contributed by atoms with Crippen LogP contribution < -0.4 is 26.4 Å². The number of alkyl halides is 1. The van der Waals surface area contributed by atoms with Crippen LogP contribution in [0.25, 0.3) is 0 Å². The molecule has 0 bridgehead atoms. The molecule has 0 saturated carbocycles. The van der Waals surface area contributed by atoms with E-state index in [2.05, 4.69) is 16.0 Å². The predicted octanol–water partition coefficient (Wildman–Crippen LogP) is 5.58. The number of nitrogens with one attached hydrogen (secondary N) is 3. The van der Waals surface area contributed by atoms with Gasteiger partial charge in [-0.1, -0.05) is 55.2 Å². The van der Waals surface area contributed by atoms with Crippen molar-refractivity contribution in [2.75, 3.05) is 24.4 Å². The van der Waals surface area contributed by atoms with Gasteiger partial charge in [-0.25, -0.2) is 4.39 Å². The van der Waals surface area contributed by atoms with Crippen molar-refractivity contribution in [2.45, 2.75) is 43.7 Å². The molecule has 0 aliphatic carbocycles. The summed E-state index contributed by atoms with van der Waals surface area (Å²) in [5, 5.41) is 9.14. The molecule has 3 aromatic rings. The monoisotopic (exact) mass is 630 g/mol. The van der Waals surface area contributed by atoms with Crippen molar-refractivity contribution in [1.82, 2.24) is 5.32 Å². The molecule has 12 heteroatoms. The molecular weight excluding hydrogens is 601 g/mol. The average molecular weight is 632 g/mol. The second-order valence-electron chi connectivity index (χ2n) is 11.6. The SMILES string of the molecule is COc1cc(C(N)=O)ccc1NC(=O)[C@@H]1N[C@@H](CC(C)(C)CF)[C@@]2(C(=O)Nc3cc(Cl)ccc32)C1c1cccc(Cl)c1F. The lowest BCUT2D eigenvalue weighted by Crippen LogP contribution is -2.50. The quantitative estimate of drug-likeness (QED) is 0.259. The second kappa shape index (κ2) is 11.4. The van der Waals surface area contributed by atoms with E-state index in [4.69, 9.17) is 33.7 Å². The van der Waals surface area contributed by atoms with Gasteiger partial charge in [0.2, 0.25) is 17.7 Å². The molecule has 3 amide bonds. The number of nitrogens with two attached hydrogens (primary N) is 1. The number of benzene rings is 3. The maximum absolute atomic E-state index is 15.9. The number of methoxy groups -OCH3 is 1. The van der Waals surface area contributed by atoms with Crippen molar-refractivity contribution in [2.24, 2.45) is 11.1 Å². The Bertz CT molecular complexity index is 1640. The fourth-order valence-electron chi connectivity index (χ4n) is 6.31. The Labute approximate surface area is 257 Å². The molecule has 1 saturated heterocycles. The van der Waals surface area contributed by atoms with Crippen LogP contribution in [0.5, 0.6) is 5.75 Å². The Morgan fingerprint density at radius 3 is 2.56 bits per heavy atom. The van der Waals surface area contributed by atoms with Gasteiger partial charge in [0.05, 0.1) is 30.5 Å². The van der Waals surface area contributed by atoms with E-state index in [0.29, 0.717) is 16.3 Å². The molecule has 1 unspecified atom stereocenters. The summed E-state index contributed by atoms with van der Waals surface area (Å²) in [7, 11) is 1.36. The molecule has 5 N–H and O–H groups in total. The van der Waals surface area contributed by atoms with Crippen LogP contribution in [0.2, 0.25) is 10.0 Å². The topological polar surface area (TPSA) is 123 Å². The summed E-state index contributed by atoms with van der Waals surface area (Å²) in [5.74, 6) is -3.54. The maximum Gasteiger partial charge on any atom is 0.248 e. The number of amides is 3. The number of primary amides is 1. The Morgan fingerprint density at radius 1 is 1.14 bits per heavy atom. The number of rotatable bonds is 8. The zero-order valence-corrected chi connectivity index (χ0v) is 25.1. The summed E-state index contributed by atoms with van der Waals surface area (Å²) in [6.45, 7) is 2.73. The van der Waals surface area contributed by atoms with Crippen molar-refractivity contribution in [1.29, 1.82) is 0 Å². The maximum atomic E-state index is 15.9. The minimum Gasteiger partial charge on any atom is -0.495 e. The lowest BCUT2D eigenvalue weighted by molar-refractivity contribution is -0.122. The molecule has 0 aromatic heterocycles. The summed E-state index contributed by atoms with van der Waals surface area (Å²) in [6, 6.07) is 11.5. The van der Waals surface area contributed by atoms with Gasteiger partial charge in [0.15, 0.2) is 0 Å². The molecule has 2 heterocycles. The van der Waals surface area contributed by atoms with E-state index in [9.17, 15) is 18.8 Å². The molecule has 1 fully saturated rings. The highest BCUT2D eigenvalue weighted by atomic mass is 35.5. The number of hydrogen-bond acceptors (Lipinski definition) is 5. The normalized spacial score (nSPS) is 22.8. The Kier molecular flexibility index (Phi) is 8.15. The van der Waals surface area contributed by atoms with Crippen molar-refractivity contribution < 1.29 is 27.9 Å². The van der Waals surface area contributed by atoms with Crippen LogP contribution in [0, 0.1) is 11.2 Å². The average Bonchev–Trinajstić information content (AvgIpc) is 3.44. The van der Waals surface area contributed by atoms with Crippen molar-refractivity contribution in [3.05, 3.63) is 87.2 Å². The molecule has 0 radical (unpaired) electrons. The first-order valence-electron chi connectivity index (χ1n) is 13.5. The van der Waals surface area contributed by atoms with Crippen molar-refractivity contribution >= 4 is 52.3 Å². The highest BCUT2D eigenvalue weighted by Crippen LogP contribution is 2.57. The highest BCUT2D eigenvalue weighted by molar-refractivity contribution is 6.31. The molecule has 2 aliphatic rings. The van der Waals surface area contributed by atoms with E-state index in [1.807, 2.05) is 0 Å². The third-order valence-corrected chi connectivity index (χ3v) is 8.79. The van der Waals surface area contributed by atoms with Gasteiger partial charge in [-0.3, -0.25) is 18.8 Å². The van der Waals surface area contributed by atoms with Crippen LogP contribution in [-0.4, -0.2) is 43.6 Å². The van der Waals surface area contributed by atoms with Crippen LogP contribution in [-0.2, 0) is 15.0 Å². The number of ether oxygens (including phenoxy) is 1. The van der Waals surface area contributed by atoms with E-state index in [0.717, 1.165) is 0 Å². The minimum absolute atomic E-state index is 0.0368. The lowest BCUT2D eigenvalue weighted by atomic mass is 9.62. The standard InChI is InChI=1S/C31H30Cl2F2N4O4/c1-30(2,14-34)13-23-31(18-9-8-16(32)12-21(18)38-29(31)42)24(17-5-4-6-19(33)25(17)35)26(39-23)28(41)37-20-10-7-15(27(36)40)11-22(20)43-3/h4-12,23-24,26,39H,13-14H2,1-3H3,(H2,36,40)(H,37,41)(H,38,42)/t23-,24?,26+,31+/m0/s1. The van der Waals surface area contributed by atoms with Gasteiger partial charge in [-0.2, -0.15) is 0 Å². The Hall–Kier alpha value is -3.73. The van der Waals surface area contributed by atoms with E-state index in [1.54, 1.807) is 38.1 Å². The van der Waals surface area contributed by atoms with Gasteiger partial charge in [-0.05, 0) is 59.4 Å². The molecule has 1 spiro atoms. The number of carbonyl (C=O) groups excluding carboxylic acids is 3. The van der Waals surface area contributed by atoms with E-state index in [-0.39, 0.29) is 34.0 Å². The van der Waals surface area contributed by atoms with Crippen molar-refractivity contribution in [3.8, 4) is 5.75 Å². The Balaban J connectivity index is 1.71. The molecule has 8 nitrogen and oxygen atoms in total. The summed E-state index contributed by atoms with van der Waals surface area (Å²) >= 11 is 12.5. The van der Waals surface area contributed by atoms with Gasteiger partial charge in [0.1, 0.15) is 17.0 Å². The van der Waals surface area contributed by atoms with E-state index < -0.39 is 59.0 Å². The van der Waals surface area contributed by atoms with E-state index in [1.165, 1.54) is 37.4 Å². The third-order valence-electron chi connectivity index (χ3n) is 8.27. The number of carbonyl (C=O) groups is 3. The zero-order valence-electron chi connectivity index (χ0n) is 23.6. The van der Waals surface area contributed by atoms with Gasteiger partial charge in [0, 0.05) is 28.2 Å². The predicted molar refractivity (Wildman–Crippen MR) is 161 cm³/mol. The van der Waals surface area contributed by atoms with Crippen LogP contribution in [0.4, 0.5) is 20.2 Å². The number of hydrogen-bond donors (Lipinski definition) is 4. The summed E-state index contributed by atoms with van der Waals surface area (Å²) < 4.78 is 35.5. The van der Waals surface area contributed by atoms with Crippen LogP contribution in [0.3, 0.4) is 0 Å². The zero-order chi connectivity index (χ0) is 31.3. The first kappa shape index (κ1) is 30.7. The second-order valence-corrected chi connectivity index (χ2v) is 12.4. The first-order valence-corrected chi connectivity index (χ1v) is 14.3. The number of fused-ring (bicyclic) bond motifs is 2.